The molecule has 0 aliphatic heterocycles. The molecule has 1 N–H and O–H groups in total. The zero-order valence-corrected chi connectivity index (χ0v) is 15.7. The maximum atomic E-state index is 12.2. The molecule has 2 aromatic rings. The number of carbonyl (C=O) groups is 2. The van der Waals surface area contributed by atoms with Gasteiger partial charge in [0.2, 0.25) is 0 Å². The van der Waals surface area contributed by atoms with Gasteiger partial charge < -0.3 is 19.5 Å². The number of methoxy groups -OCH3 is 2. The van der Waals surface area contributed by atoms with Crippen LogP contribution in [0.5, 0.6) is 11.5 Å². The predicted octanol–water partition coefficient (Wildman–Crippen LogP) is 3.57. The van der Waals surface area contributed by atoms with Crippen LogP contribution in [0.1, 0.15) is 15.9 Å². The monoisotopic (exact) mass is 407 g/mol. The standard InChI is InChI=1S/C18H18BrNO5/c1-11-7-8-12(9-14(11)19)20-16(21)10-25-18(22)13-5-4-6-15(23-2)17(13)24-3/h4-9H,10H2,1-3H3,(H,20,21). The van der Waals surface area contributed by atoms with Gasteiger partial charge in [-0.1, -0.05) is 28.1 Å². The maximum absolute atomic E-state index is 12.2. The number of rotatable bonds is 6. The Morgan fingerprint density at radius 1 is 1.12 bits per heavy atom. The third-order valence-corrected chi connectivity index (χ3v) is 4.27. The third kappa shape index (κ3) is 4.73. The summed E-state index contributed by atoms with van der Waals surface area (Å²) < 4.78 is 16.3. The van der Waals surface area contributed by atoms with E-state index in [1.165, 1.54) is 14.2 Å². The second-order valence-electron chi connectivity index (χ2n) is 5.13. The van der Waals surface area contributed by atoms with Gasteiger partial charge in [-0.2, -0.15) is 0 Å². The van der Waals surface area contributed by atoms with E-state index in [1.807, 2.05) is 13.0 Å². The molecule has 0 bridgehead atoms. The molecule has 7 heteroatoms. The number of benzene rings is 2. The van der Waals surface area contributed by atoms with Crippen LogP contribution in [0.2, 0.25) is 0 Å². The number of esters is 1. The van der Waals surface area contributed by atoms with Gasteiger partial charge in [0.05, 0.1) is 14.2 Å². The Hall–Kier alpha value is -2.54. The van der Waals surface area contributed by atoms with E-state index in [9.17, 15) is 9.59 Å². The number of ether oxygens (including phenoxy) is 3. The summed E-state index contributed by atoms with van der Waals surface area (Å²) in [5.41, 5.74) is 1.85. The highest BCUT2D eigenvalue weighted by atomic mass is 79.9. The molecule has 0 spiro atoms. The van der Waals surface area contributed by atoms with Crippen molar-refractivity contribution in [1.82, 2.24) is 0 Å². The molecule has 0 saturated carbocycles. The Labute approximate surface area is 154 Å². The summed E-state index contributed by atoms with van der Waals surface area (Å²) in [4.78, 5) is 24.2. The molecule has 0 unspecified atom stereocenters. The number of carbonyl (C=O) groups excluding carboxylic acids is 2. The van der Waals surface area contributed by atoms with Gasteiger partial charge in [0.25, 0.3) is 5.91 Å². The molecular weight excluding hydrogens is 390 g/mol. The minimum absolute atomic E-state index is 0.188. The zero-order chi connectivity index (χ0) is 18.4. The molecule has 0 atom stereocenters. The van der Waals surface area contributed by atoms with Gasteiger partial charge in [0.1, 0.15) is 5.56 Å². The van der Waals surface area contributed by atoms with Gasteiger partial charge in [-0.3, -0.25) is 4.79 Å². The fourth-order valence-corrected chi connectivity index (χ4v) is 2.50. The summed E-state index contributed by atoms with van der Waals surface area (Å²) >= 11 is 3.40. The first-order chi connectivity index (χ1) is 12.0. The van der Waals surface area contributed by atoms with Crippen molar-refractivity contribution in [1.29, 1.82) is 0 Å². The summed E-state index contributed by atoms with van der Waals surface area (Å²) in [6.45, 7) is 1.53. The van der Waals surface area contributed by atoms with Crippen LogP contribution >= 0.6 is 15.9 Å². The summed E-state index contributed by atoms with van der Waals surface area (Å²) in [6.07, 6.45) is 0. The number of para-hydroxylation sites is 1. The second kappa shape index (κ2) is 8.53. The van der Waals surface area contributed by atoms with E-state index in [2.05, 4.69) is 21.2 Å². The van der Waals surface area contributed by atoms with Gasteiger partial charge in [-0.05, 0) is 36.8 Å². The lowest BCUT2D eigenvalue weighted by Crippen LogP contribution is -2.21. The summed E-state index contributed by atoms with van der Waals surface area (Å²) in [5, 5.41) is 2.67. The van der Waals surface area contributed by atoms with Crippen molar-refractivity contribution in [3.8, 4) is 11.5 Å². The summed E-state index contributed by atoms with van der Waals surface area (Å²) in [5.74, 6) is -0.439. The second-order valence-corrected chi connectivity index (χ2v) is 5.98. The average molecular weight is 408 g/mol. The highest BCUT2D eigenvalue weighted by molar-refractivity contribution is 9.10. The SMILES string of the molecule is COc1cccc(C(=O)OCC(=O)Nc2ccc(C)c(Br)c2)c1OC. The highest BCUT2D eigenvalue weighted by Gasteiger charge is 2.18. The number of hydrogen-bond acceptors (Lipinski definition) is 5. The van der Waals surface area contributed by atoms with Crippen molar-refractivity contribution in [3.05, 3.63) is 52.0 Å². The summed E-state index contributed by atoms with van der Waals surface area (Å²) in [6, 6.07) is 10.3. The molecule has 132 valence electrons. The quantitative estimate of drug-likeness (QED) is 0.740. The van der Waals surface area contributed by atoms with E-state index >= 15 is 0 Å². The van der Waals surface area contributed by atoms with E-state index in [1.54, 1.807) is 30.3 Å². The Bertz CT molecular complexity index is 791. The number of aryl methyl sites for hydroxylation is 1. The van der Waals surface area contributed by atoms with Crippen LogP contribution in [-0.4, -0.2) is 32.7 Å². The lowest BCUT2D eigenvalue weighted by molar-refractivity contribution is -0.119. The van der Waals surface area contributed by atoms with Crippen molar-refractivity contribution in [3.63, 3.8) is 0 Å². The smallest absolute Gasteiger partial charge is 0.342 e. The molecule has 1 amide bonds. The molecule has 0 fully saturated rings. The van der Waals surface area contributed by atoms with Crippen LogP contribution in [0.4, 0.5) is 5.69 Å². The molecule has 0 aromatic heterocycles. The van der Waals surface area contributed by atoms with Crippen LogP contribution in [0.15, 0.2) is 40.9 Å². The topological polar surface area (TPSA) is 73.9 Å². The lowest BCUT2D eigenvalue weighted by Gasteiger charge is -2.12. The van der Waals surface area contributed by atoms with Gasteiger partial charge in [0.15, 0.2) is 18.1 Å². The molecule has 2 aromatic carbocycles. The normalized spacial score (nSPS) is 10.1. The minimum atomic E-state index is -0.670. The van der Waals surface area contributed by atoms with Crippen molar-refractivity contribution < 1.29 is 23.8 Å². The molecule has 25 heavy (non-hydrogen) atoms. The van der Waals surface area contributed by atoms with Crippen molar-refractivity contribution in [2.75, 3.05) is 26.1 Å². The van der Waals surface area contributed by atoms with E-state index in [0.29, 0.717) is 11.4 Å². The van der Waals surface area contributed by atoms with Gasteiger partial charge >= 0.3 is 5.97 Å². The number of anilines is 1. The first kappa shape index (κ1) is 18.8. The van der Waals surface area contributed by atoms with E-state index in [4.69, 9.17) is 14.2 Å². The first-order valence-corrected chi connectivity index (χ1v) is 8.19. The van der Waals surface area contributed by atoms with Crippen LogP contribution in [0.3, 0.4) is 0 Å². The average Bonchev–Trinajstić information content (AvgIpc) is 2.61. The van der Waals surface area contributed by atoms with Crippen LogP contribution in [-0.2, 0) is 9.53 Å². The Morgan fingerprint density at radius 2 is 1.88 bits per heavy atom. The predicted molar refractivity (Wildman–Crippen MR) is 97.3 cm³/mol. The van der Waals surface area contributed by atoms with Crippen LogP contribution in [0, 0.1) is 6.92 Å². The van der Waals surface area contributed by atoms with Gasteiger partial charge in [0, 0.05) is 10.2 Å². The molecule has 0 saturated heterocycles. The summed E-state index contributed by atoms with van der Waals surface area (Å²) in [7, 11) is 2.90. The van der Waals surface area contributed by atoms with Crippen LogP contribution < -0.4 is 14.8 Å². The molecule has 6 nitrogen and oxygen atoms in total. The van der Waals surface area contributed by atoms with Gasteiger partial charge in [-0.15, -0.1) is 0 Å². The Morgan fingerprint density at radius 3 is 2.52 bits per heavy atom. The maximum Gasteiger partial charge on any atom is 0.342 e. The fourth-order valence-electron chi connectivity index (χ4n) is 2.12. The number of halogens is 1. The lowest BCUT2D eigenvalue weighted by atomic mass is 10.2. The van der Waals surface area contributed by atoms with E-state index < -0.39 is 18.5 Å². The molecule has 0 aliphatic carbocycles. The molecule has 2 rings (SSSR count). The number of nitrogens with one attached hydrogen (secondary N) is 1. The third-order valence-electron chi connectivity index (χ3n) is 3.41. The Balaban J connectivity index is 2.00. The molecule has 0 heterocycles. The van der Waals surface area contributed by atoms with E-state index in [-0.39, 0.29) is 11.3 Å². The largest absolute Gasteiger partial charge is 0.493 e. The molecule has 0 radical (unpaired) electrons. The highest BCUT2D eigenvalue weighted by Crippen LogP contribution is 2.31. The zero-order valence-electron chi connectivity index (χ0n) is 14.1. The minimum Gasteiger partial charge on any atom is -0.493 e. The van der Waals surface area contributed by atoms with Gasteiger partial charge in [-0.25, -0.2) is 4.79 Å². The molecule has 0 aliphatic rings. The Kier molecular flexibility index (Phi) is 6.41. The number of amides is 1. The number of hydrogen-bond donors (Lipinski definition) is 1. The van der Waals surface area contributed by atoms with Crippen LogP contribution in [0.25, 0.3) is 0 Å². The van der Waals surface area contributed by atoms with Crippen molar-refractivity contribution in [2.24, 2.45) is 0 Å². The first-order valence-electron chi connectivity index (χ1n) is 7.40. The van der Waals surface area contributed by atoms with E-state index in [0.717, 1.165) is 10.0 Å². The fraction of sp³-hybridized carbons (Fsp3) is 0.222. The van der Waals surface area contributed by atoms with Crippen molar-refractivity contribution >= 4 is 33.5 Å². The van der Waals surface area contributed by atoms with Crippen molar-refractivity contribution in [2.45, 2.75) is 6.92 Å². The molecular formula is C18H18BrNO5.